The fourth-order valence-corrected chi connectivity index (χ4v) is 4.33. The van der Waals surface area contributed by atoms with Gasteiger partial charge in [0.1, 0.15) is 17.3 Å². The highest BCUT2D eigenvalue weighted by molar-refractivity contribution is 5.69. The van der Waals surface area contributed by atoms with Gasteiger partial charge in [-0.05, 0) is 36.8 Å². The molecule has 3 aromatic rings. The summed E-state index contributed by atoms with van der Waals surface area (Å²) in [6.45, 7) is 3.32. The van der Waals surface area contributed by atoms with Crippen LogP contribution < -0.4 is 0 Å². The number of hydrogen-bond donors (Lipinski definition) is 1. The summed E-state index contributed by atoms with van der Waals surface area (Å²) in [6.07, 6.45) is -0.275. The molecule has 10 heteroatoms. The molecule has 0 saturated carbocycles. The largest absolute Gasteiger partial charge is 0.465 e. The highest BCUT2D eigenvalue weighted by Gasteiger charge is 2.29. The van der Waals surface area contributed by atoms with Gasteiger partial charge in [0.05, 0.1) is 49.4 Å². The molecule has 33 heavy (non-hydrogen) atoms. The van der Waals surface area contributed by atoms with Gasteiger partial charge in [-0.1, -0.05) is 0 Å². The minimum atomic E-state index is -1.03. The van der Waals surface area contributed by atoms with E-state index in [-0.39, 0.29) is 42.9 Å². The van der Waals surface area contributed by atoms with E-state index in [1.807, 2.05) is 19.1 Å². The Bertz CT molecular complexity index is 1190. The first kappa shape index (κ1) is 21.7. The number of imidazole rings is 1. The molecule has 4 heterocycles. The predicted octanol–water partition coefficient (Wildman–Crippen LogP) is 3.55. The molecule has 2 aromatic heterocycles. The topological polar surface area (TPSA) is 85.5 Å². The molecule has 0 aliphatic carbocycles. The van der Waals surface area contributed by atoms with E-state index in [1.165, 1.54) is 17.0 Å². The third kappa shape index (κ3) is 4.17. The first-order chi connectivity index (χ1) is 15.9. The lowest BCUT2D eigenvalue weighted by Gasteiger charge is -2.31. The van der Waals surface area contributed by atoms with Crippen LogP contribution in [-0.2, 0) is 20.6 Å². The Balaban J connectivity index is 1.57. The Morgan fingerprint density at radius 2 is 1.88 bits per heavy atom. The minimum absolute atomic E-state index is 0.159. The van der Waals surface area contributed by atoms with Crippen LogP contribution in [0.2, 0.25) is 0 Å². The Labute approximate surface area is 188 Å². The zero-order chi connectivity index (χ0) is 23.1. The number of morpholine rings is 1. The molecule has 0 spiro atoms. The molecule has 0 unspecified atom stereocenters. The van der Waals surface area contributed by atoms with Crippen molar-refractivity contribution < 1.29 is 32.9 Å². The Morgan fingerprint density at radius 1 is 1.15 bits per heavy atom. The van der Waals surface area contributed by atoms with E-state index in [9.17, 15) is 9.90 Å². The van der Waals surface area contributed by atoms with Crippen molar-refractivity contribution in [1.29, 1.82) is 0 Å². The molecule has 1 aromatic carbocycles. The molecule has 5 rings (SSSR count). The molecular weight excluding hydrogens is 436 g/mol. The number of ether oxygens (including phenoxy) is 3. The predicted molar refractivity (Wildman–Crippen MR) is 113 cm³/mol. The molecular formula is C23H23F2N3O5. The van der Waals surface area contributed by atoms with E-state index in [4.69, 9.17) is 14.2 Å². The summed E-state index contributed by atoms with van der Waals surface area (Å²) < 4.78 is 48.8. The number of rotatable bonds is 4. The number of pyridine rings is 1. The number of nitrogens with zero attached hydrogens (tertiary/aromatic N) is 3. The maximum absolute atomic E-state index is 15.3. The minimum Gasteiger partial charge on any atom is -0.465 e. The smallest absolute Gasteiger partial charge is 0.407 e. The van der Waals surface area contributed by atoms with Gasteiger partial charge in [0, 0.05) is 24.7 Å². The zero-order valence-electron chi connectivity index (χ0n) is 18.0. The molecule has 2 fully saturated rings. The van der Waals surface area contributed by atoms with Crippen molar-refractivity contribution in [1.82, 2.24) is 14.3 Å². The van der Waals surface area contributed by atoms with Gasteiger partial charge in [-0.2, -0.15) is 0 Å². The van der Waals surface area contributed by atoms with Gasteiger partial charge in [-0.25, -0.2) is 18.6 Å². The second-order valence-electron chi connectivity index (χ2n) is 8.20. The van der Waals surface area contributed by atoms with Gasteiger partial charge in [0.2, 0.25) is 0 Å². The molecule has 1 atom stereocenters. The third-order valence-corrected chi connectivity index (χ3v) is 5.91. The lowest BCUT2D eigenvalue weighted by Crippen LogP contribution is -2.45. The van der Waals surface area contributed by atoms with Gasteiger partial charge in [-0.3, -0.25) is 0 Å². The molecule has 0 radical (unpaired) electrons. The average Bonchev–Trinajstić information content (AvgIpc) is 3.42. The fourth-order valence-electron chi connectivity index (χ4n) is 4.33. The van der Waals surface area contributed by atoms with E-state index in [0.717, 1.165) is 5.56 Å². The van der Waals surface area contributed by atoms with Crippen LogP contribution in [0.1, 0.15) is 23.1 Å². The van der Waals surface area contributed by atoms with E-state index < -0.39 is 30.1 Å². The SMILES string of the molecule is Cc1ccn2c(C[C@@H]3CN(C(=O)O)CCO3)c(-c3c(F)cc(C4OCCO4)cc3F)nc2c1. The average molecular weight is 459 g/mol. The first-order valence-electron chi connectivity index (χ1n) is 10.7. The number of hydrogen-bond acceptors (Lipinski definition) is 5. The molecule has 1 N–H and O–H groups in total. The standard InChI is InChI=1S/C23H23F2N3O5/c1-13-2-3-28-18(11-15-12-27(23(29)30)4-5-31-15)21(26-19(28)8-13)20-16(24)9-14(10-17(20)25)22-32-6-7-33-22/h2-3,8-10,15,22H,4-7,11-12H2,1H3,(H,29,30)/t15-/m1/s1. The normalized spacial score (nSPS) is 19.5. The number of halogens is 2. The zero-order valence-corrected chi connectivity index (χ0v) is 18.0. The maximum Gasteiger partial charge on any atom is 0.407 e. The Hall–Kier alpha value is -3.08. The van der Waals surface area contributed by atoms with Crippen molar-refractivity contribution in [2.75, 3.05) is 32.9 Å². The van der Waals surface area contributed by atoms with Crippen molar-refractivity contribution in [3.05, 3.63) is 58.9 Å². The second kappa shape index (κ2) is 8.69. The summed E-state index contributed by atoms with van der Waals surface area (Å²) in [4.78, 5) is 17.2. The molecule has 2 aliphatic rings. The number of carboxylic acid groups (broad SMARTS) is 1. The van der Waals surface area contributed by atoms with E-state index in [0.29, 0.717) is 24.6 Å². The van der Waals surface area contributed by atoms with Crippen molar-refractivity contribution in [2.45, 2.75) is 25.7 Å². The Kier molecular flexibility index (Phi) is 5.73. The van der Waals surface area contributed by atoms with Crippen molar-refractivity contribution in [3.8, 4) is 11.3 Å². The quantitative estimate of drug-likeness (QED) is 0.642. The fraction of sp³-hybridized carbons (Fsp3) is 0.391. The van der Waals surface area contributed by atoms with Crippen LogP contribution >= 0.6 is 0 Å². The van der Waals surface area contributed by atoms with Gasteiger partial charge in [0.25, 0.3) is 0 Å². The van der Waals surface area contributed by atoms with E-state index >= 15 is 8.78 Å². The number of aromatic nitrogens is 2. The molecule has 174 valence electrons. The number of carbonyl (C=O) groups is 1. The summed E-state index contributed by atoms with van der Waals surface area (Å²) in [5.41, 5.74) is 2.20. The third-order valence-electron chi connectivity index (χ3n) is 5.91. The van der Waals surface area contributed by atoms with Crippen molar-refractivity contribution >= 4 is 11.7 Å². The highest BCUT2D eigenvalue weighted by atomic mass is 19.1. The lowest BCUT2D eigenvalue weighted by molar-refractivity contribution is -0.0444. The van der Waals surface area contributed by atoms with E-state index in [2.05, 4.69) is 4.98 Å². The van der Waals surface area contributed by atoms with Gasteiger partial charge < -0.3 is 28.6 Å². The van der Waals surface area contributed by atoms with Crippen LogP contribution in [0, 0.1) is 18.6 Å². The summed E-state index contributed by atoms with van der Waals surface area (Å²) >= 11 is 0. The van der Waals surface area contributed by atoms with Gasteiger partial charge in [0.15, 0.2) is 6.29 Å². The molecule has 0 bridgehead atoms. The monoisotopic (exact) mass is 459 g/mol. The van der Waals surface area contributed by atoms with Crippen molar-refractivity contribution in [3.63, 3.8) is 0 Å². The summed E-state index contributed by atoms with van der Waals surface area (Å²) in [6, 6.07) is 6.11. The van der Waals surface area contributed by atoms with Crippen LogP contribution in [0.25, 0.3) is 16.9 Å². The molecule has 1 amide bonds. The molecule has 8 nitrogen and oxygen atoms in total. The van der Waals surface area contributed by atoms with Crippen LogP contribution in [0.3, 0.4) is 0 Å². The molecule has 2 saturated heterocycles. The number of amides is 1. The summed E-state index contributed by atoms with van der Waals surface area (Å²) in [5, 5.41) is 9.34. The summed E-state index contributed by atoms with van der Waals surface area (Å²) in [5.74, 6) is -1.55. The van der Waals surface area contributed by atoms with Gasteiger partial charge in [-0.15, -0.1) is 0 Å². The Morgan fingerprint density at radius 3 is 2.58 bits per heavy atom. The van der Waals surface area contributed by atoms with Gasteiger partial charge >= 0.3 is 6.09 Å². The second-order valence-corrected chi connectivity index (χ2v) is 8.20. The van der Waals surface area contributed by atoms with Crippen LogP contribution in [-0.4, -0.2) is 64.5 Å². The molecule has 2 aliphatic heterocycles. The first-order valence-corrected chi connectivity index (χ1v) is 10.7. The number of aryl methyl sites for hydroxylation is 1. The van der Waals surface area contributed by atoms with Crippen LogP contribution in [0.4, 0.5) is 13.6 Å². The van der Waals surface area contributed by atoms with Crippen LogP contribution in [0.5, 0.6) is 0 Å². The van der Waals surface area contributed by atoms with E-state index in [1.54, 1.807) is 10.6 Å². The maximum atomic E-state index is 15.3. The number of benzene rings is 1. The summed E-state index contributed by atoms with van der Waals surface area (Å²) in [7, 11) is 0. The highest BCUT2D eigenvalue weighted by Crippen LogP contribution is 2.34. The van der Waals surface area contributed by atoms with Crippen LogP contribution in [0.15, 0.2) is 30.5 Å². The number of fused-ring (bicyclic) bond motifs is 1. The van der Waals surface area contributed by atoms with Crippen molar-refractivity contribution in [2.24, 2.45) is 0 Å². The lowest BCUT2D eigenvalue weighted by atomic mass is 10.0.